The van der Waals surface area contributed by atoms with Crippen molar-refractivity contribution in [3.63, 3.8) is 0 Å². The second-order valence-electron chi connectivity index (χ2n) is 4.83. The van der Waals surface area contributed by atoms with Gasteiger partial charge in [0.05, 0.1) is 19.4 Å². The van der Waals surface area contributed by atoms with Crippen molar-refractivity contribution in [2.75, 3.05) is 13.2 Å². The maximum Gasteiger partial charge on any atom is 0.130 e. The summed E-state index contributed by atoms with van der Waals surface area (Å²) >= 11 is 0. The molecule has 0 aliphatic carbocycles. The molecular weight excluding hydrogens is 264 g/mol. The van der Waals surface area contributed by atoms with Crippen LogP contribution in [0.4, 0.5) is 0 Å². The van der Waals surface area contributed by atoms with E-state index in [2.05, 4.69) is 22.7 Å². The van der Waals surface area contributed by atoms with Crippen LogP contribution in [0.3, 0.4) is 0 Å². The predicted molar refractivity (Wildman–Crippen MR) is 85.1 cm³/mol. The predicted octanol–water partition coefficient (Wildman–Crippen LogP) is 3.01. The van der Waals surface area contributed by atoms with E-state index >= 15 is 0 Å². The van der Waals surface area contributed by atoms with Crippen LogP contribution < -0.4 is 10.2 Å². The van der Waals surface area contributed by atoms with E-state index in [1.165, 1.54) is 5.56 Å². The summed E-state index contributed by atoms with van der Waals surface area (Å²) in [6.07, 6.45) is 1.71. The van der Waals surface area contributed by atoms with Gasteiger partial charge >= 0.3 is 0 Å². The Hall–Kier alpha value is -2.33. The summed E-state index contributed by atoms with van der Waals surface area (Å²) in [5.41, 5.74) is 5.99. The highest BCUT2D eigenvalue weighted by Gasteiger charge is 2.01. The fraction of sp³-hybridized carbons (Fsp3) is 0.235. The van der Waals surface area contributed by atoms with Crippen molar-refractivity contribution in [1.29, 1.82) is 0 Å². The van der Waals surface area contributed by atoms with E-state index in [0.29, 0.717) is 6.54 Å². The van der Waals surface area contributed by atoms with E-state index in [1.807, 2.05) is 44.2 Å². The third kappa shape index (κ3) is 4.61. The van der Waals surface area contributed by atoms with Gasteiger partial charge in [0.1, 0.15) is 11.5 Å². The second kappa shape index (κ2) is 7.45. The number of hydrogen-bond donors (Lipinski definition) is 2. The van der Waals surface area contributed by atoms with Gasteiger partial charge in [-0.2, -0.15) is 5.10 Å². The maximum absolute atomic E-state index is 8.63. The highest BCUT2D eigenvalue weighted by molar-refractivity contribution is 5.79. The fourth-order valence-electron chi connectivity index (χ4n) is 1.80. The molecule has 0 fully saturated rings. The number of hydrazone groups is 1. The third-order valence-corrected chi connectivity index (χ3v) is 2.98. The molecule has 2 aromatic rings. The summed E-state index contributed by atoms with van der Waals surface area (Å²) < 4.78 is 5.89. The van der Waals surface area contributed by atoms with Crippen LogP contribution >= 0.6 is 0 Å². The minimum absolute atomic E-state index is 0.0694. The molecule has 0 spiro atoms. The lowest BCUT2D eigenvalue weighted by molar-refractivity contribution is 0.294. The monoisotopic (exact) mass is 284 g/mol. The molecule has 0 saturated heterocycles. The molecule has 0 aromatic heterocycles. The standard InChI is InChI=1S/C17H20N2O2/c1-13-3-4-14(2)17(11-13)21-16-7-5-15(6-8-16)12-19-18-9-10-20/h3-8,11-12,18,20H,9-10H2,1-2H3. The van der Waals surface area contributed by atoms with E-state index in [9.17, 15) is 0 Å². The Morgan fingerprint density at radius 2 is 1.90 bits per heavy atom. The zero-order valence-electron chi connectivity index (χ0n) is 12.3. The van der Waals surface area contributed by atoms with E-state index in [0.717, 1.165) is 22.6 Å². The lowest BCUT2D eigenvalue weighted by atomic mass is 10.1. The molecule has 4 heteroatoms. The van der Waals surface area contributed by atoms with Gasteiger partial charge in [-0.3, -0.25) is 0 Å². The first-order valence-corrected chi connectivity index (χ1v) is 6.91. The summed E-state index contributed by atoms with van der Waals surface area (Å²) in [5.74, 6) is 1.67. The van der Waals surface area contributed by atoms with Crippen molar-refractivity contribution in [1.82, 2.24) is 5.43 Å². The maximum atomic E-state index is 8.63. The molecule has 0 unspecified atom stereocenters. The molecule has 110 valence electrons. The number of hydrogen-bond acceptors (Lipinski definition) is 4. The number of rotatable bonds is 6. The molecule has 0 atom stereocenters. The van der Waals surface area contributed by atoms with Crippen molar-refractivity contribution in [2.24, 2.45) is 5.10 Å². The Kier molecular flexibility index (Phi) is 5.35. The summed E-state index contributed by atoms with van der Waals surface area (Å²) in [7, 11) is 0. The number of nitrogens with zero attached hydrogens (tertiary/aromatic N) is 1. The van der Waals surface area contributed by atoms with Crippen LogP contribution in [0.25, 0.3) is 0 Å². The largest absolute Gasteiger partial charge is 0.457 e. The Balaban J connectivity index is 2.02. The number of aryl methyl sites for hydroxylation is 2. The van der Waals surface area contributed by atoms with Crippen LogP contribution in [-0.4, -0.2) is 24.5 Å². The van der Waals surface area contributed by atoms with Gasteiger partial charge < -0.3 is 15.3 Å². The average Bonchev–Trinajstić information content (AvgIpc) is 2.49. The van der Waals surface area contributed by atoms with Crippen LogP contribution in [0.15, 0.2) is 47.6 Å². The van der Waals surface area contributed by atoms with Crippen LogP contribution in [0.2, 0.25) is 0 Å². The first-order chi connectivity index (χ1) is 10.2. The molecule has 0 bridgehead atoms. The van der Waals surface area contributed by atoms with Crippen LogP contribution in [0, 0.1) is 13.8 Å². The van der Waals surface area contributed by atoms with Crippen molar-refractivity contribution >= 4 is 6.21 Å². The molecule has 0 aliphatic heterocycles. The molecule has 21 heavy (non-hydrogen) atoms. The van der Waals surface area contributed by atoms with E-state index in [4.69, 9.17) is 9.84 Å². The van der Waals surface area contributed by atoms with E-state index < -0.39 is 0 Å². The summed E-state index contributed by atoms with van der Waals surface area (Å²) in [6, 6.07) is 13.8. The number of benzene rings is 2. The lowest BCUT2D eigenvalue weighted by Gasteiger charge is -2.09. The molecule has 2 aromatic carbocycles. The number of aliphatic hydroxyl groups excluding tert-OH is 1. The quantitative estimate of drug-likeness (QED) is 0.487. The van der Waals surface area contributed by atoms with Crippen molar-refractivity contribution < 1.29 is 9.84 Å². The molecule has 0 radical (unpaired) electrons. The van der Waals surface area contributed by atoms with Crippen LogP contribution in [0.5, 0.6) is 11.5 Å². The molecular formula is C17H20N2O2. The topological polar surface area (TPSA) is 53.8 Å². The highest BCUT2D eigenvalue weighted by atomic mass is 16.5. The van der Waals surface area contributed by atoms with Crippen molar-refractivity contribution in [3.05, 3.63) is 59.2 Å². The van der Waals surface area contributed by atoms with E-state index in [1.54, 1.807) is 6.21 Å². The molecule has 2 N–H and O–H groups in total. The SMILES string of the molecule is Cc1ccc(C)c(Oc2ccc(C=NNCCO)cc2)c1. The molecule has 0 amide bonds. The van der Waals surface area contributed by atoms with Crippen molar-refractivity contribution in [3.8, 4) is 11.5 Å². The lowest BCUT2D eigenvalue weighted by Crippen LogP contribution is -2.11. The number of nitrogens with one attached hydrogen (secondary N) is 1. The Morgan fingerprint density at radius 1 is 1.14 bits per heavy atom. The Morgan fingerprint density at radius 3 is 2.62 bits per heavy atom. The smallest absolute Gasteiger partial charge is 0.130 e. The fourth-order valence-corrected chi connectivity index (χ4v) is 1.80. The van der Waals surface area contributed by atoms with Gasteiger partial charge in [-0.1, -0.05) is 12.1 Å². The molecule has 4 nitrogen and oxygen atoms in total. The average molecular weight is 284 g/mol. The van der Waals surface area contributed by atoms with Crippen molar-refractivity contribution in [2.45, 2.75) is 13.8 Å². The molecule has 0 saturated carbocycles. The van der Waals surface area contributed by atoms with Crippen LogP contribution in [0.1, 0.15) is 16.7 Å². The van der Waals surface area contributed by atoms with Gasteiger partial charge in [0, 0.05) is 0 Å². The van der Waals surface area contributed by atoms with Gasteiger partial charge in [-0.15, -0.1) is 0 Å². The highest BCUT2D eigenvalue weighted by Crippen LogP contribution is 2.25. The molecule has 0 heterocycles. The zero-order valence-corrected chi connectivity index (χ0v) is 12.3. The second-order valence-corrected chi connectivity index (χ2v) is 4.83. The molecule has 2 rings (SSSR count). The number of aliphatic hydroxyl groups is 1. The number of ether oxygens (including phenoxy) is 1. The Labute approximate surface area is 125 Å². The first-order valence-electron chi connectivity index (χ1n) is 6.91. The van der Waals surface area contributed by atoms with Gasteiger partial charge in [0.25, 0.3) is 0 Å². The van der Waals surface area contributed by atoms with Gasteiger partial charge in [0.15, 0.2) is 0 Å². The minimum atomic E-state index is 0.0694. The van der Waals surface area contributed by atoms with Gasteiger partial charge in [-0.05, 0) is 60.9 Å². The minimum Gasteiger partial charge on any atom is -0.457 e. The van der Waals surface area contributed by atoms with Crippen LogP contribution in [-0.2, 0) is 0 Å². The van der Waals surface area contributed by atoms with Gasteiger partial charge in [0.2, 0.25) is 0 Å². The summed E-state index contributed by atoms with van der Waals surface area (Å²) in [5, 5.41) is 12.6. The summed E-state index contributed by atoms with van der Waals surface area (Å²) in [6.45, 7) is 4.60. The normalized spacial score (nSPS) is 10.8. The molecule has 0 aliphatic rings. The zero-order chi connectivity index (χ0) is 15.1. The first kappa shape index (κ1) is 15.1. The Bertz CT molecular complexity index is 607. The van der Waals surface area contributed by atoms with E-state index in [-0.39, 0.29) is 6.61 Å². The van der Waals surface area contributed by atoms with Gasteiger partial charge in [-0.25, -0.2) is 0 Å². The summed E-state index contributed by atoms with van der Waals surface area (Å²) in [4.78, 5) is 0. The third-order valence-electron chi connectivity index (χ3n) is 2.98.